The van der Waals surface area contributed by atoms with E-state index in [0.717, 1.165) is 21.3 Å². The van der Waals surface area contributed by atoms with Crippen molar-refractivity contribution in [2.45, 2.75) is 20.5 Å². The normalized spacial score (nSPS) is 10.2. The summed E-state index contributed by atoms with van der Waals surface area (Å²) in [6.45, 7) is 4.53. The van der Waals surface area contributed by atoms with Gasteiger partial charge in [0.25, 0.3) is 0 Å². The highest BCUT2D eigenvalue weighted by atomic mass is 79.9. The van der Waals surface area contributed by atoms with Gasteiger partial charge >= 0.3 is 0 Å². The van der Waals surface area contributed by atoms with Gasteiger partial charge in [-0.3, -0.25) is 0 Å². The highest BCUT2D eigenvalue weighted by Crippen LogP contribution is 2.27. The number of benzene rings is 1. The summed E-state index contributed by atoms with van der Waals surface area (Å²) < 4.78 is 6.40. The lowest BCUT2D eigenvalue weighted by atomic mass is 10.1. The molecule has 72 valence electrons. The average molecular weight is 245 g/mol. The summed E-state index contributed by atoms with van der Waals surface area (Å²) in [5, 5.41) is 9.09. The van der Waals surface area contributed by atoms with E-state index in [4.69, 9.17) is 9.84 Å². The molecule has 0 amide bonds. The van der Waals surface area contributed by atoms with E-state index in [1.54, 1.807) is 0 Å². The van der Waals surface area contributed by atoms with Gasteiger partial charge in [-0.2, -0.15) is 0 Å². The van der Waals surface area contributed by atoms with E-state index < -0.39 is 0 Å². The largest absolute Gasteiger partial charge is 0.493 e. The third-order valence-corrected chi connectivity index (χ3v) is 2.23. The minimum atomic E-state index is 0.00954. The number of hydrogen-bond donors (Lipinski definition) is 1. The van der Waals surface area contributed by atoms with E-state index in [1.165, 1.54) is 0 Å². The van der Waals surface area contributed by atoms with Crippen LogP contribution in [0.5, 0.6) is 5.75 Å². The highest BCUT2D eigenvalue weighted by molar-refractivity contribution is 9.10. The van der Waals surface area contributed by atoms with E-state index in [1.807, 2.05) is 26.0 Å². The van der Waals surface area contributed by atoms with Gasteiger partial charge in [-0.05, 0) is 31.5 Å². The molecule has 0 heterocycles. The van der Waals surface area contributed by atoms with Crippen molar-refractivity contribution in [2.75, 3.05) is 6.61 Å². The molecule has 0 saturated heterocycles. The van der Waals surface area contributed by atoms with Crippen LogP contribution in [0.1, 0.15) is 18.1 Å². The van der Waals surface area contributed by atoms with Crippen LogP contribution in [0.15, 0.2) is 16.6 Å². The maximum atomic E-state index is 9.09. The Bertz CT molecular complexity index is 297. The average Bonchev–Trinajstić information content (AvgIpc) is 2.09. The third kappa shape index (κ3) is 2.45. The monoisotopic (exact) mass is 244 g/mol. The van der Waals surface area contributed by atoms with Crippen molar-refractivity contribution < 1.29 is 9.84 Å². The molecule has 2 nitrogen and oxygen atoms in total. The molecule has 0 bridgehead atoms. The van der Waals surface area contributed by atoms with Crippen LogP contribution in [-0.2, 0) is 6.61 Å². The van der Waals surface area contributed by atoms with Crippen LogP contribution in [0.25, 0.3) is 0 Å². The summed E-state index contributed by atoms with van der Waals surface area (Å²) in [4.78, 5) is 0. The first-order valence-corrected chi connectivity index (χ1v) is 5.01. The quantitative estimate of drug-likeness (QED) is 0.886. The molecule has 1 N–H and O–H groups in total. The molecule has 0 aromatic heterocycles. The van der Waals surface area contributed by atoms with Crippen LogP contribution in [0.3, 0.4) is 0 Å². The van der Waals surface area contributed by atoms with E-state index in [2.05, 4.69) is 15.9 Å². The first-order chi connectivity index (χ1) is 6.19. The molecule has 0 fully saturated rings. The minimum Gasteiger partial charge on any atom is -0.493 e. The van der Waals surface area contributed by atoms with Crippen LogP contribution in [0, 0.1) is 6.92 Å². The molecule has 0 aliphatic rings. The van der Waals surface area contributed by atoms with E-state index in [9.17, 15) is 0 Å². The lowest BCUT2D eigenvalue weighted by Gasteiger charge is -2.11. The number of aliphatic hydroxyl groups is 1. The number of aryl methyl sites for hydroxylation is 1. The number of hydrogen-bond acceptors (Lipinski definition) is 2. The van der Waals surface area contributed by atoms with Gasteiger partial charge in [0.1, 0.15) is 5.75 Å². The maximum Gasteiger partial charge on any atom is 0.127 e. The summed E-state index contributed by atoms with van der Waals surface area (Å²) >= 11 is 3.37. The molecular formula is C10H13BrO2. The first-order valence-electron chi connectivity index (χ1n) is 4.21. The summed E-state index contributed by atoms with van der Waals surface area (Å²) in [5.41, 5.74) is 1.87. The zero-order valence-electron chi connectivity index (χ0n) is 7.80. The van der Waals surface area contributed by atoms with E-state index in [0.29, 0.717) is 6.61 Å². The SMILES string of the molecule is CCOc1c(C)cc(Br)cc1CO. The smallest absolute Gasteiger partial charge is 0.127 e. The molecule has 0 saturated carbocycles. The van der Waals surface area contributed by atoms with Crippen molar-refractivity contribution in [2.24, 2.45) is 0 Å². The summed E-state index contributed by atoms with van der Waals surface area (Å²) in [6, 6.07) is 3.85. The minimum absolute atomic E-state index is 0.00954. The molecule has 0 aliphatic carbocycles. The second-order valence-corrected chi connectivity index (χ2v) is 3.72. The van der Waals surface area contributed by atoms with Gasteiger partial charge in [0.2, 0.25) is 0 Å². The highest BCUT2D eigenvalue weighted by Gasteiger charge is 2.07. The molecule has 13 heavy (non-hydrogen) atoms. The topological polar surface area (TPSA) is 29.5 Å². The number of halogens is 1. The van der Waals surface area contributed by atoms with Gasteiger partial charge < -0.3 is 9.84 Å². The fraction of sp³-hybridized carbons (Fsp3) is 0.400. The predicted octanol–water partition coefficient (Wildman–Crippen LogP) is 2.65. The Hall–Kier alpha value is -0.540. The molecule has 0 spiro atoms. The molecule has 0 radical (unpaired) electrons. The summed E-state index contributed by atoms with van der Waals surface area (Å²) in [7, 11) is 0. The standard InChI is InChI=1S/C10H13BrO2/c1-3-13-10-7(2)4-9(11)5-8(10)6-12/h4-5,12H,3,6H2,1-2H3. The van der Waals surface area contributed by atoms with Crippen molar-refractivity contribution in [3.63, 3.8) is 0 Å². The van der Waals surface area contributed by atoms with Crippen molar-refractivity contribution in [1.82, 2.24) is 0 Å². The van der Waals surface area contributed by atoms with Crippen molar-refractivity contribution in [3.8, 4) is 5.75 Å². The summed E-state index contributed by atoms with van der Waals surface area (Å²) in [6.07, 6.45) is 0. The number of rotatable bonds is 3. The molecule has 0 aliphatic heterocycles. The van der Waals surface area contributed by atoms with Crippen molar-refractivity contribution in [3.05, 3.63) is 27.7 Å². The van der Waals surface area contributed by atoms with Crippen LogP contribution in [-0.4, -0.2) is 11.7 Å². The van der Waals surface area contributed by atoms with Crippen LogP contribution in [0.4, 0.5) is 0 Å². The second-order valence-electron chi connectivity index (χ2n) is 2.80. The Labute approximate surface area is 86.7 Å². The Morgan fingerprint density at radius 1 is 1.46 bits per heavy atom. The van der Waals surface area contributed by atoms with Crippen molar-refractivity contribution >= 4 is 15.9 Å². The van der Waals surface area contributed by atoms with Crippen molar-refractivity contribution in [1.29, 1.82) is 0 Å². The molecule has 3 heteroatoms. The molecule has 1 rings (SSSR count). The fourth-order valence-electron chi connectivity index (χ4n) is 1.27. The number of ether oxygens (including phenoxy) is 1. The number of aliphatic hydroxyl groups excluding tert-OH is 1. The third-order valence-electron chi connectivity index (χ3n) is 1.78. The lowest BCUT2D eigenvalue weighted by Crippen LogP contribution is -1.99. The molecule has 1 aromatic carbocycles. The van der Waals surface area contributed by atoms with Gasteiger partial charge in [-0.25, -0.2) is 0 Å². The van der Waals surface area contributed by atoms with Crippen LogP contribution >= 0.6 is 15.9 Å². The van der Waals surface area contributed by atoms with Crippen LogP contribution in [0.2, 0.25) is 0 Å². The predicted molar refractivity (Wildman–Crippen MR) is 56.0 cm³/mol. The Kier molecular flexibility index (Phi) is 3.75. The Morgan fingerprint density at radius 2 is 2.15 bits per heavy atom. The molecule has 1 aromatic rings. The lowest BCUT2D eigenvalue weighted by molar-refractivity contribution is 0.266. The van der Waals surface area contributed by atoms with E-state index in [-0.39, 0.29) is 6.61 Å². The Morgan fingerprint density at radius 3 is 2.69 bits per heavy atom. The first kappa shape index (κ1) is 10.5. The maximum absolute atomic E-state index is 9.09. The fourth-order valence-corrected chi connectivity index (χ4v) is 1.89. The Balaban J connectivity index is 3.13. The molecular weight excluding hydrogens is 232 g/mol. The zero-order chi connectivity index (χ0) is 9.84. The van der Waals surface area contributed by atoms with Gasteiger partial charge in [0.15, 0.2) is 0 Å². The van der Waals surface area contributed by atoms with Gasteiger partial charge in [0.05, 0.1) is 13.2 Å². The van der Waals surface area contributed by atoms with Gasteiger partial charge in [0, 0.05) is 10.0 Å². The molecule has 0 unspecified atom stereocenters. The summed E-state index contributed by atoms with van der Waals surface area (Å²) in [5.74, 6) is 0.799. The van der Waals surface area contributed by atoms with Gasteiger partial charge in [-0.1, -0.05) is 15.9 Å². The van der Waals surface area contributed by atoms with Crippen LogP contribution < -0.4 is 4.74 Å². The molecule has 0 atom stereocenters. The zero-order valence-corrected chi connectivity index (χ0v) is 9.39. The van der Waals surface area contributed by atoms with E-state index >= 15 is 0 Å². The van der Waals surface area contributed by atoms with Gasteiger partial charge in [-0.15, -0.1) is 0 Å². The second kappa shape index (κ2) is 4.63.